The number of hydrogen-bond donors (Lipinski definition) is 0. The van der Waals surface area contributed by atoms with Crippen LogP contribution >= 0.6 is 0 Å². The zero-order valence-electron chi connectivity index (χ0n) is 69.1. The third-order valence-electron chi connectivity index (χ3n) is 26.6. The molecular formula is C122H82N4. The monoisotopic (exact) mass is 1600 g/mol. The quantitative estimate of drug-likeness (QED) is 0.0901. The lowest BCUT2D eigenvalue weighted by molar-refractivity contribution is 0.793. The normalized spacial score (nSPS) is 14.3. The molecule has 0 fully saturated rings. The zero-order valence-corrected chi connectivity index (χ0v) is 69.1. The molecule has 4 nitrogen and oxygen atoms in total. The largest absolute Gasteiger partial charge is 0.310 e. The molecule has 2 unspecified atom stereocenters. The maximum atomic E-state index is 2.51. The summed E-state index contributed by atoms with van der Waals surface area (Å²) in [5.41, 5.74) is 43.3. The van der Waals surface area contributed by atoms with Crippen molar-refractivity contribution in [2.24, 2.45) is 0 Å². The zero-order chi connectivity index (χ0) is 83.2. The van der Waals surface area contributed by atoms with E-state index in [0.717, 1.165) is 96.1 Å². The molecule has 0 amide bonds. The van der Waals surface area contributed by atoms with Gasteiger partial charge in [0.1, 0.15) is 0 Å². The van der Waals surface area contributed by atoms with E-state index >= 15 is 0 Å². The van der Waals surface area contributed by atoms with Gasteiger partial charge in [-0.05, 0) is 273 Å². The second-order valence-electron chi connectivity index (χ2n) is 33.3. The highest BCUT2D eigenvalue weighted by molar-refractivity contribution is 6.05. The molecule has 590 valence electrons. The Morgan fingerprint density at radius 2 is 0.341 bits per heavy atom. The molecule has 126 heavy (non-hydrogen) atoms. The first-order valence-electron chi connectivity index (χ1n) is 43.6. The molecule has 4 aliphatic rings. The highest BCUT2D eigenvalue weighted by atomic mass is 15.2. The maximum absolute atomic E-state index is 2.51. The summed E-state index contributed by atoms with van der Waals surface area (Å²) in [5.74, 6) is 0. The number of nitrogens with zero attached hydrogens (tertiary/aromatic N) is 4. The average Bonchev–Trinajstić information content (AvgIpc) is 1.51. The number of hydrogen-bond acceptors (Lipinski definition) is 4. The lowest BCUT2D eigenvalue weighted by Crippen LogP contribution is -2.26. The molecule has 0 saturated carbocycles. The summed E-state index contributed by atoms with van der Waals surface area (Å²) in [7, 11) is 0. The van der Waals surface area contributed by atoms with Gasteiger partial charge in [-0.1, -0.05) is 358 Å². The summed E-state index contributed by atoms with van der Waals surface area (Å²) in [5, 5.41) is 0. The molecule has 2 atom stereocenters. The van der Waals surface area contributed by atoms with Crippen molar-refractivity contribution in [2.75, 3.05) is 19.6 Å². The minimum absolute atomic E-state index is 0.626. The van der Waals surface area contributed by atoms with E-state index in [0.29, 0.717) is 0 Å². The van der Waals surface area contributed by atoms with Crippen molar-refractivity contribution in [3.63, 3.8) is 0 Å². The Morgan fingerprint density at radius 1 is 0.119 bits per heavy atom. The van der Waals surface area contributed by atoms with Gasteiger partial charge in [0.05, 0.1) is 22.2 Å². The van der Waals surface area contributed by atoms with Crippen LogP contribution in [0.15, 0.2) is 497 Å². The predicted octanol–water partition coefficient (Wildman–Crippen LogP) is 32.6. The Balaban J connectivity index is 0.607. The van der Waals surface area contributed by atoms with Crippen molar-refractivity contribution in [1.29, 1.82) is 0 Å². The van der Waals surface area contributed by atoms with Crippen LogP contribution < -0.4 is 19.6 Å². The van der Waals surface area contributed by atoms with Crippen molar-refractivity contribution in [1.82, 2.24) is 0 Å². The summed E-state index contributed by atoms with van der Waals surface area (Å²) in [4.78, 5) is 9.83. The van der Waals surface area contributed by atoms with Crippen LogP contribution in [0.25, 0.3) is 100 Å². The topological polar surface area (TPSA) is 13.0 Å². The van der Waals surface area contributed by atoms with Crippen molar-refractivity contribution in [2.45, 2.75) is 10.8 Å². The van der Waals surface area contributed by atoms with Crippen molar-refractivity contribution >= 4 is 68.2 Å². The van der Waals surface area contributed by atoms with Gasteiger partial charge in [-0.3, -0.25) is 0 Å². The van der Waals surface area contributed by atoms with E-state index in [1.807, 2.05) is 0 Å². The van der Waals surface area contributed by atoms with Crippen molar-refractivity contribution < 1.29 is 0 Å². The second kappa shape index (κ2) is 30.3. The number of rotatable bonds is 17. The van der Waals surface area contributed by atoms with Crippen LogP contribution in [0.2, 0.25) is 0 Å². The SMILES string of the molecule is c1ccc(-c2ccc(N(c3ccc(-c4ccccc4)cc3)c3ccc4c(c3)C3(c5ccccc5-4)c4ccccc4-c4c(N(c5ccc(-c6ccccc6)cc5)c5ccc(-c6cccc(-c7cccc(N(c8ccccc8)c8ccc9c(c8)C8(c%10ccccc%10-9)c9ccccc9-c9c(N(c%10ccccc%10)c%10ccccc%10)cccc98)c7)c6)cc5)cccc43)cc2)cc1. The molecule has 20 aromatic carbocycles. The van der Waals surface area contributed by atoms with E-state index in [4.69, 9.17) is 0 Å². The Bertz CT molecular complexity index is 7420. The third kappa shape index (κ3) is 11.8. The molecule has 4 heteroatoms. The number of para-hydroxylation sites is 3. The molecule has 0 radical (unpaired) electrons. The Hall–Kier alpha value is -16.4. The Morgan fingerprint density at radius 3 is 0.730 bits per heavy atom. The maximum Gasteiger partial charge on any atom is 0.0727 e. The molecule has 24 rings (SSSR count). The van der Waals surface area contributed by atoms with E-state index in [9.17, 15) is 0 Å². The predicted molar refractivity (Wildman–Crippen MR) is 525 cm³/mol. The highest BCUT2D eigenvalue weighted by Gasteiger charge is 2.55. The van der Waals surface area contributed by atoms with E-state index < -0.39 is 10.8 Å². The fourth-order valence-corrected chi connectivity index (χ4v) is 21.3. The van der Waals surface area contributed by atoms with Gasteiger partial charge in [0.2, 0.25) is 0 Å². The average molecular weight is 1600 g/mol. The van der Waals surface area contributed by atoms with E-state index in [-0.39, 0.29) is 0 Å². The Labute approximate surface area is 735 Å². The molecule has 0 aliphatic heterocycles. The lowest BCUT2D eigenvalue weighted by Gasteiger charge is -2.33. The van der Waals surface area contributed by atoms with Gasteiger partial charge < -0.3 is 19.6 Å². The first kappa shape index (κ1) is 73.5. The van der Waals surface area contributed by atoms with Crippen LogP contribution in [0, 0.1) is 0 Å². The van der Waals surface area contributed by atoms with Gasteiger partial charge in [0.25, 0.3) is 0 Å². The van der Waals surface area contributed by atoms with Gasteiger partial charge in [-0.25, -0.2) is 0 Å². The molecule has 0 bridgehead atoms. The number of fused-ring (bicyclic) bond motifs is 20. The van der Waals surface area contributed by atoms with E-state index in [2.05, 4.69) is 517 Å². The summed E-state index contributed by atoms with van der Waals surface area (Å²) < 4.78 is 0. The van der Waals surface area contributed by atoms with Gasteiger partial charge in [-0.2, -0.15) is 0 Å². The van der Waals surface area contributed by atoms with Gasteiger partial charge >= 0.3 is 0 Å². The molecule has 2 spiro atoms. The van der Waals surface area contributed by atoms with Crippen LogP contribution in [0.4, 0.5) is 68.2 Å². The summed E-state index contributed by atoms with van der Waals surface area (Å²) in [6.45, 7) is 0. The standard InChI is InChI=1S/C122H82N4/c1-7-31-83(32-8-1)86-59-67-96(68-60-86)123(97-69-61-87(62-70-97)84-33-9-2-10-34-84)101-75-77-105-103-47-19-23-51-109(103)121(115(105)81-101)112-54-26-22-50-108(112)120-114(121)56-30-58-118(120)126(98-71-63-88(64-72-98)85-35-11-3-12-36-85)99-73-65-89(66-74-99)90-37-27-38-91(79-90)92-39-28-46-100(80-92)124(93-40-13-4-14-41-93)102-76-78-106-104-48-20-24-52-110(104)122(116(106)82-102)111-53-25-21-49-107(111)119-113(122)55-29-57-117(119)125(94-42-15-5-16-43-94)95-44-17-6-18-45-95/h1-82H. The smallest absolute Gasteiger partial charge is 0.0727 e. The van der Waals surface area contributed by atoms with Crippen LogP contribution in [0.5, 0.6) is 0 Å². The molecule has 0 heterocycles. The van der Waals surface area contributed by atoms with Gasteiger partial charge in [0, 0.05) is 68.0 Å². The van der Waals surface area contributed by atoms with Gasteiger partial charge in [0.15, 0.2) is 0 Å². The summed E-state index contributed by atoms with van der Waals surface area (Å²) in [6, 6.07) is 185. The summed E-state index contributed by atoms with van der Waals surface area (Å²) in [6.07, 6.45) is 0. The van der Waals surface area contributed by atoms with Crippen LogP contribution in [-0.4, -0.2) is 0 Å². The highest BCUT2D eigenvalue weighted by Crippen LogP contribution is 2.68. The minimum Gasteiger partial charge on any atom is -0.310 e. The number of benzene rings is 20. The molecule has 20 aromatic rings. The fourth-order valence-electron chi connectivity index (χ4n) is 21.3. The Kier molecular flexibility index (Phi) is 17.7. The van der Waals surface area contributed by atoms with Crippen molar-refractivity contribution in [3.8, 4) is 100 Å². The molecular weight excluding hydrogens is 1520 g/mol. The van der Waals surface area contributed by atoms with Crippen LogP contribution in [0.1, 0.15) is 44.5 Å². The van der Waals surface area contributed by atoms with Gasteiger partial charge in [-0.15, -0.1) is 0 Å². The van der Waals surface area contributed by atoms with Crippen molar-refractivity contribution in [3.05, 3.63) is 542 Å². The van der Waals surface area contributed by atoms with Crippen LogP contribution in [-0.2, 0) is 10.8 Å². The second-order valence-corrected chi connectivity index (χ2v) is 33.3. The molecule has 0 aromatic heterocycles. The first-order chi connectivity index (χ1) is 62.5. The summed E-state index contributed by atoms with van der Waals surface area (Å²) >= 11 is 0. The fraction of sp³-hybridized carbons (Fsp3) is 0.0164. The third-order valence-corrected chi connectivity index (χ3v) is 26.6. The van der Waals surface area contributed by atoms with Crippen LogP contribution in [0.3, 0.4) is 0 Å². The number of anilines is 12. The molecule has 4 aliphatic carbocycles. The lowest BCUT2D eigenvalue weighted by atomic mass is 9.70. The minimum atomic E-state index is -0.684. The molecule has 0 N–H and O–H groups in total. The van der Waals surface area contributed by atoms with E-state index in [1.165, 1.54) is 117 Å². The molecule has 0 saturated heterocycles. The van der Waals surface area contributed by atoms with E-state index in [1.54, 1.807) is 0 Å². The first-order valence-corrected chi connectivity index (χ1v) is 43.6.